The summed E-state index contributed by atoms with van der Waals surface area (Å²) in [6, 6.07) is -0.795. The van der Waals surface area contributed by atoms with Gasteiger partial charge in [0.15, 0.2) is 0 Å². The topological polar surface area (TPSA) is 95.4 Å². The number of hydrogen-bond donors (Lipinski definition) is 2. The Labute approximate surface area is 141 Å². The molecule has 1 saturated heterocycles. The number of carbonyl (C=O) groups is 2. The molecule has 0 bridgehead atoms. The highest BCUT2D eigenvalue weighted by Crippen LogP contribution is 2.38. The van der Waals surface area contributed by atoms with E-state index in [-0.39, 0.29) is 5.69 Å². The predicted molar refractivity (Wildman–Crippen MR) is 79.7 cm³/mol. The van der Waals surface area contributed by atoms with Crippen LogP contribution in [-0.2, 0) is 11.2 Å². The van der Waals surface area contributed by atoms with E-state index in [0.29, 0.717) is 11.7 Å². The Kier molecular flexibility index (Phi) is 4.53. The first-order chi connectivity index (χ1) is 11.7. The molecule has 2 N–H and O–H groups in total. The fourth-order valence-electron chi connectivity index (χ4n) is 2.86. The molecule has 25 heavy (non-hydrogen) atoms. The molecule has 1 aromatic rings. The fraction of sp³-hybridized carbons (Fsp3) is 0.600. The summed E-state index contributed by atoms with van der Waals surface area (Å²) in [5.41, 5.74) is 0.256. The summed E-state index contributed by atoms with van der Waals surface area (Å²) < 4.78 is 38.8. The van der Waals surface area contributed by atoms with Crippen LogP contribution in [0, 0.1) is 17.8 Å². The Bertz CT molecular complexity index is 661. The Morgan fingerprint density at radius 1 is 1.24 bits per heavy atom. The first-order valence-electron chi connectivity index (χ1n) is 7.90. The van der Waals surface area contributed by atoms with Crippen LogP contribution in [0.15, 0.2) is 12.4 Å². The van der Waals surface area contributed by atoms with Gasteiger partial charge in [0.25, 0.3) is 0 Å². The van der Waals surface area contributed by atoms with Crippen LogP contribution >= 0.6 is 0 Å². The Morgan fingerprint density at radius 2 is 1.88 bits per heavy atom. The smallest absolute Gasteiger partial charge is 0.394 e. The van der Waals surface area contributed by atoms with Gasteiger partial charge >= 0.3 is 18.2 Å². The molecule has 3 rings (SSSR count). The van der Waals surface area contributed by atoms with Gasteiger partial charge in [-0.1, -0.05) is 0 Å². The molecule has 10 heteroatoms. The van der Waals surface area contributed by atoms with E-state index in [1.807, 2.05) is 0 Å². The number of likely N-dealkylation sites (tertiary alicyclic amines) is 1. The van der Waals surface area contributed by atoms with Crippen molar-refractivity contribution in [3.63, 3.8) is 0 Å². The zero-order chi connectivity index (χ0) is 18.2. The molecule has 1 aromatic heterocycles. The summed E-state index contributed by atoms with van der Waals surface area (Å²) in [5, 5.41) is 11.4. The number of carboxylic acid groups (broad SMARTS) is 1. The van der Waals surface area contributed by atoms with Gasteiger partial charge in [-0.15, -0.1) is 0 Å². The molecule has 0 spiro atoms. The van der Waals surface area contributed by atoms with Crippen LogP contribution in [0.4, 0.5) is 23.7 Å². The number of nitrogens with zero attached hydrogens (tertiary/aromatic N) is 3. The molecule has 1 aliphatic heterocycles. The molecule has 1 saturated carbocycles. The van der Waals surface area contributed by atoms with Crippen molar-refractivity contribution in [2.75, 3.05) is 18.4 Å². The van der Waals surface area contributed by atoms with Gasteiger partial charge in [-0.2, -0.15) is 13.2 Å². The lowest BCUT2D eigenvalue weighted by Crippen LogP contribution is -2.35. The number of alkyl halides is 3. The third-order valence-electron chi connectivity index (χ3n) is 4.47. The monoisotopic (exact) mass is 358 g/mol. The molecule has 0 radical (unpaired) electrons. The number of carbonyl (C=O) groups excluding carboxylic acids is 1. The van der Waals surface area contributed by atoms with Gasteiger partial charge in [-0.3, -0.25) is 4.79 Å². The minimum atomic E-state index is -4.67. The first kappa shape index (κ1) is 17.4. The zero-order valence-corrected chi connectivity index (χ0v) is 13.2. The van der Waals surface area contributed by atoms with Crippen LogP contribution in [0.3, 0.4) is 0 Å². The fourth-order valence-corrected chi connectivity index (χ4v) is 2.86. The predicted octanol–water partition coefficient (Wildman–Crippen LogP) is 2.16. The summed E-state index contributed by atoms with van der Waals surface area (Å²) >= 11 is 0. The SMILES string of the molecule is O=C(O)[C@@H]1CN(C(=O)Nc2cnc(CC3CC3)nc2)C[C@H]1C(F)(F)F. The highest BCUT2D eigenvalue weighted by molar-refractivity contribution is 5.89. The van der Waals surface area contributed by atoms with Gasteiger partial charge in [-0.25, -0.2) is 14.8 Å². The highest BCUT2D eigenvalue weighted by atomic mass is 19.4. The van der Waals surface area contributed by atoms with Crippen LogP contribution in [0.1, 0.15) is 18.7 Å². The number of amides is 2. The third kappa shape index (κ3) is 4.18. The van der Waals surface area contributed by atoms with Gasteiger partial charge in [0.05, 0.1) is 29.9 Å². The minimum Gasteiger partial charge on any atom is -0.481 e. The van der Waals surface area contributed by atoms with E-state index in [1.165, 1.54) is 12.4 Å². The number of hydrogen-bond acceptors (Lipinski definition) is 4. The molecule has 2 aliphatic rings. The number of nitrogens with one attached hydrogen (secondary N) is 1. The number of rotatable bonds is 4. The number of aliphatic carboxylic acids is 1. The average molecular weight is 358 g/mol. The van der Waals surface area contributed by atoms with Crippen molar-refractivity contribution in [2.45, 2.75) is 25.4 Å². The minimum absolute atomic E-state index is 0.256. The van der Waals surface area contributed by atoms with E-state index >= 15 is 0 Å². The van der Waals surface area contributed by atoms with Crippen molar-refractivity contribution < 1.29 is 27.9 Å². The van der Waals surface area contributed by atoms with Gasteiger partial charge in [0.2, 0.25) is 0 Å². The largest absolute Gasteiger partial charge is 0.481 e. The maximum Gasteiger partial charge on any atom is 0.394 e. The Hall–Kier alpha value is -2.39. The second-order valence-corrected chi connectivity index (χ2v) is 6.46. The second-order valence-electron chi connectivity index (χ2n) is 6.46. The molecule has 136 valence electrons. The number of carboxylic acids is 1. The summed E-state index contributed by atoms with van der Waals surface area (Å²) in [7, 11) is 0. The standard InChI is InChI=1S/C15H17F3N4O3/c16-15(17,18)11-7-22(6-10(11)13(23)24)14(25)21-9-4-19-12(20-5-9)3-8-1-2-8/h4-5,8,10-11H,1-3,6-7H2,(H,21,25)(H,23,24)/t10-,11-/m1/s1. The lowest BCUT2D eigenvalue weighted by Gasteiger charge is -2.18. The molecule has 2 atom stereocenters. The first-order valence-corrected chi connectivity index (χ1v) is 7.90. The molecule has 2 amide bonds. The number of anilines is 1. The van der Waals surface area contributed by atoms with Crippen molar-refractivity contribution in [3.8, 4) is 0 Å². The normalized spacial score (nSPS) is 23.6. The van der Waals surface area contributed by atoms with E-state index in [9.17, 15) is 22.8 Å². The molecule has 0 unspecified atom stereocenters. The Balaban J connectivity index is 1.61. The van der Waals surface area contributed by atoms with Crippen LogP contribution in [0.25, 0.3) is 0 Å². The van der Waals surface area contributed by atoms with Gasteiger partial charge in [0.1, 0.15) is 5.82 Å². The lowest BCUT2D eigenvalue weighted by atomic mass is 9.96. The summed E-state index contributed by atoms with van der Waals surface area (Å²) in [6.45, 7) is -1.18. The molecule has 7 nitrogen and oxygen atoms in total. The van der Waals surface area contributed by atoms with Gasteiger partial charge < -0.3 is 15.3 Å². The summed E-state index contributed by atoms with van der Waals surface area (Å²) in [6.07, 6.45) is 1.20. The maximum absolute atomic E-state index is 12.9. The summed E-state index contributed by atoms with van der Waals surface area (Å²) in [5.74, 6) is -4.04. The van der Waals surface area contributed by atoms with Crippen molar-refractivity contribution in [1.82, 2.24) is 14.9 Å². The van der Waals surface area contributed by atoms with E-state index in [2.05, 4.69) is 15.3 Å². The van der Waals surface area contributed by atoms with E-state index in [0.717, 1.165) is 24.2 Å². The molecular formula is C15H17F3N4O3. The molecular weight excluding hydrogens is 341 g/mol. The van der Waals surface area contributed by atoms with Gasteiger partial charge in [-0.05, 0) is 18.8 Å². The zero-order valence-electron chi connectivity index (χ0n) is 13.2. The number of urea groups is 1. The van der Waals surface area contributed by atoms with E-state index in [4.69, 9.17) is 5.11 Å². The third-order valence-corrected chi connectivity index (χ3v) is 4.47. The molecule has 0 aromatic carbocycles. The molecule has 2 fully saturated rings. The lowest BCUT2D eigenvalue weighted by molar-refractivity contribution is -0.187. The van der Waals surface area contributed by atoms with E-state index < -0.39 is 43.1 Å². The van der Waals surface area contributed by atoms with Gasteiger partial charge in [0, 0.05) is 19.5 Å². The van der Waals surface area contributed by atoms with Crippen LogP contribution in [0.5, 0.6) is 0 Å². The maximum atomic E-state index is 12.9. The quantitative estimate of drug-likeness (QED) is 0.860. The summed E-state index contributed by atoms with van der Waals surface area (Å²) in [4.78, 5) is 32.3. The van der Waals surface area contributed by atoms with Crippen molar-refractivity contribution in [1.29, 1.82) is 0 Å². The molecule has 2 heterocycles. The van der Waals surface area contributed by atoms with Crippen LogP contribution in [0.2, 0.25) is 0 Å². The number of aromatic nitrogens is 2. The van der Waals surface area contributed by atoms with Crippen LogP contribution < -0.4 is 5.32 Å². The van der Waals surface area contributed by atoms with E-state index in [1.54, 1.807) is 0 Å². The highest BCUT2D eigenvalue weighted by Gasteiger charge is 2.53. The van der Waals surface area contributed by atoms with Crippen LogP contribution in [-0.4, -0.2) is 51.2 Å². The second kappa shape index (κ2) is 6.49. The molecule has 1 aliphatic carbocycles. The Morgan fingerprint density at radius 3 is 2.36 bits per heavy atom. The van der Waals surface area contributed by atoms with Crippen molar-refractivity contribution in [3.05, 3.63) is 18.2 Å². The average Bonchev–Trinajstić information content (AvgIpc) is 3.21. The van der Waals surface area contributed by atoms with Crippen molar-refractivity contribution in [2.24, 2.45) is 17.8 Å². The number of halogens is 3. The van der Waals surface area contributed by atoms with Crippen molar-refractivity contribution >= 4 is 17.7 Å².